The lowest BCUT2D eigenvalue weighted by atomic mass is 9.93. The van der Waals surface area contributed by atoms with E-state index in [2.05, 4.69) is 56.6 Å². The second kappa shape index (κ2) is 26.6. The van der Waals surface area contributed by atoms with Crippen molar-refractivity contribution in [3.63, 3.8) is 0 Å². The molecule has 4 aromatic heterocycles. The summed E-state index contributed by atoms with van der Waals surface area (Å²) in [5.41, 5.74) is 16.6. The zero-order valence-corrected chi connectivity index (χ0v) is 54.7. The molecule has 13 nitrogen and oxygen atoms in total. The van der Waals surface area contributed by atoms with Crippen LogP contribution in [0.15, 0.2) is 224 Å². The van der Waals surface area contributed by atoms with Crippen molar-refractivity contribution in [2.75, 3.05) is 0 Å². The molecular weight excluding hydrogens is 1300 g/mol. The summed E-state index contributed by atoms with van der Waals surface area (Å²) in [7, 11) is 0. The SMILES string of the molecule is [C-]#[N+]c1ccc(-c2nc3cc(C)c4c(-c5ccc(-c6c(F)c(F)c([N+]#[C-])c(F)c6F)cc5)nc5ccccc5c4c3nc2-c2ccc(C#N)cc2)cc1.[C-]#[N+]c1ccc(-c2nc3cc(C)c4c(-c5ccc(-c6cc(C#N)cc([N+]#[C-])c6)cc5)nc5ccccc5c4c3nc2-c2ccc(C#N)cc2)cc1. The highest BCUT2D eigenvalue weighted by molar-refractivity contribution is 6.24. The van der Waals surface area contributed by atoms with Gasteiger partial charge in [-0.25, -0.2) is 66.8 Å². The number of halogens is 4. The lowest BCUT2D eigenvalue weighted by Crippen LogP contribution is -2.00. The third-order valence-corrected chi connectivity index (χ3v) is 18.2. The Labute approximate surface area is 591 Å². The summed E-state index contributed by atoms with van der Waals surface area (Å²) in [5.74, 6) is -6.82. The van der Waals surface area contributed by atoms with Gasteiger partial charge in [-0.1, -0.05) is 158 Å². The Morgan fingerprint density at radius 2 is 0.644 bits per heavy atom. The van der Waals surface area contributed by atoms with Crippen LogP contribution in [-0.2, 0) is 0 Å². The van der Waals surface area contributed by atoms with E-state index in [9.17, 15) is 33.3 Å². The molecule has 0 fully saturated rings. The lowest BCUT2D eigenvalue weighted by Gasteiger charge is -2.17. The first-order valence-electron chi connectivity index (χ1n) is 32.1. The van der Waals surface area contributed by atoms with Crippen molar-refractivity contribution >= 4 is 88.2 Å². The monoisotopic (exact) mass is 1350 g/mol. The number of fused-ring (bicyclic) bond motifs is 10. The smallest absolute Gasteiger partial charge is 0.247 e. The first kappa shape index (κ1) is 64.8. The average molecular weight is 1350 g/mol. The molecule has 0 aliphatic rings. The van der Waals surface area contributed by atoms with Gasteiger partial charge in [-0.2, -0.15) is 15.8 Å². The predicted octanol–water partition coefficient (Wildman–Crippen LogP) is 23.0. The highest BCUT2D eigenvalue weighted by Gasteiger charge is 2.28. The zero-order valence-electron chi connectivity index (χ0n) is 54.7. The largest absolute Gasteiger partial charge is 0.262 e. The molecule has 104 heavy (non-hydrogen) atoms. The molecule has 484 valence electrons. The Balaban J connectivity index is 0.000000167. The van der Waals surface area contributed by atoms with Crippen LogP contribution in [0.25, 0.3) is 175 Å². The van der Waals surface area contributed by atoms with Gasteiger partial charge in [0.2, 0.25) is 0 Å². The highest BCUT2D eigenvalue weighted by atomic mass is 19.2. The Bertz CT molecular complexity index is 6590. The molecule has 0 radical (unpaired) electrons. The Hall–Kier alpha value is -15.2. The Morgan fingerprint density at radius 3 is 1.04 bits per heavy atom. The molecule has 0 saturated heterocycles. The topological polar surface area (TPSA) is 166 Å². The quantitative estimate of drug-likeness (QED) is 0.0623. The maximum Gasteiger partial charge on any atom is 0.262 e. The maximum absolute atomic E-state index is 15.0. The van der Waals surface area contributed by atoms with Gasteiger partial charge in [0.25, 0.3) is 5.69 Å². The summed E-state index contributed by atoms with van der Waals surface area (Å²) in [6, 6.07) is 73.9. The summed E-state index contributed by atoms with van der Waals surface area (Å²) in [4.78, 5) is 44.4. The summed E-state index contributed by atoms with van der Waals surface area (Å²) in [6.45, 7) is 33.2. The summed E-state index contributed by atoms with van der Waals surface area (Å²) in [6.07, 6.45) is 0. The number of aryl methyl sites for hydroxylation is 2. The van der Waals surface area contributed by atoms with E-state index in [0.717, 1.165) is 105 Å². The third kappa shape index (κ3) is 11.4. The first-order valence-corrected chi connectivity index (χ1v) is 32.1. The van der Waals surface area contributed by atoms with Gasteiger partial charge in [-0.15, -0.1) is 0 Å². The van der Waals surface area contributed by atoms with Crippen molar-refractivity contribution < 1.29 is 17.6 Å². The van der Waals surface area contributed by atoms with E-state index in [0.29, 0.717) is 84.3 Å². The van der Waals surface area contributed by atoms with Gasteiger partial charge in [0, 0.05) is 60.1 Å². The molecule has 4 heterocycles. The van der Waals surface area contributed by atoms with E-state index in [1.807, 2.05) is 128 Å². The van der Waals surface area contributed by atoms with Crippen LogP contribution in [0.3, 0.4) is 0 Å². The summed E-state index contributed by atoms with van der Waals surface area (Å²) >= 11 is 0. The minimum absolute atomic E-state index is 0.125. The second-order valence-corrected chi connectivity index (χ2v) is 24.4. The number of nitrogens with zero attached hydrogens (tertiary/aromatic N) is 13. The number of nitriles is 3. The van der Waals surface area contributed by atoms with Gasteiger partial charge in [-0.3, -0.25) is 0 Å². The number of para-hydroxylation sites is 2. The van der Waals surface area contributed by atoms with Crippen molar-refractivity contribution in [3.8, 4) is 108 Å². The maximum atomic E-state index is 15.0. The van der Waals surface area contributed by atoms with Gasteiger partial charge in [-0.05, 0) is 120 Å². The highest BCUT2D eigenvalue weighted by Crippen LogP contribution is 2.45. The van der Waals surface area contributed by atoms with Crippen LogP contribution < -0.4 is 0 Å². The zero-order chi connectivity index (χ0) is 72.0. The molecule has 17 heteroatoms. The second-order valence-electron chi connectivity index (χ2n) is 24.4. The molecule has 16 rings (SSSR count). The number of rotatable bonds is 8. The van der Waals surface area contributed by atoms with E-state index in [1.165, 1.54) is 12.1 Å². The average Bonchev–Trinajstić information content (AvgIpc) is 0.729. The van der Waals surface area contributed by atoms with Crippen molar-refractivity contribution in [2.45, 2.75) is 13.8 Å². The first-order chi connectivity index (χ1) is 50.7. The van der Waals surface area contributed by atoms with Crippen LogP contribution >= 0.6 is 0 Å². The number of benzene rings is 12. The fraction of sp³-hybridized carbons (Fsp3) is 0.0230. The summed E-state index contributed by atoms with van der Waals surface area (Å²) < 4.78 is 59.0. The molecule has 0 unspecified atom stereocenters. The van der Waals surface area contributed by atoms with E-state index < -0.39 is 34.5 Å². The normalized spacial score (nSPS) is 10.9. The van der Waals surface area contributed by atoms with Gasteiger partial charge >= 0.3 is 0 Å². The standard InChI is InChI=1S/C44H23N7.C43H20F4N6/c1-26-20-38-44(51-43(31-10-8-27(24-45)9-11-31)42(50-38)32-16-18-34(47-2)19-17-32)40-36-6-4-5-7-37(36)49-41(39(26)40)30-14-12-29(13-15-30)33-21-28(25-46)22-35(23-33)48-3;1-22-20-31-42(53-41(26-10-8-23(21-48)9-11-26)40(52-31)27-16-18-28(49-2)19-17-27)34-29-6-4-5-7-30(29)51-39(32(22)34)25-14-12-24(13-15-25)33-35(44)37(46)43(50-3)38(47)36(33)45/h4-23H,1H3;4-20H,1H3. The van der Waals surface area contributed by atoms with E-state index in [4.69, 9.17) is 56.2 Å². The fourth-order valence-electron chi connectivity index (χ4n) is 13.2. The van der Waals surface area contributed by atoms with Crippen molar-refractivity contribution in [1.82, 2.24) is 29.9 Å². The molecule has 0 aliphatic carbocycles. The summed E-state index contributed by atoms with van der Waals surface area (Å²) in [5, 5.41) is 33.6. The van der Waals surface area contributed by atoms with Crippen LogP contribution in [0.4, 0.5) is 40.3 Å². The number of pyridine rings is 2. The molecule has 0 aliphatic heterocycles. The van der Waals surface area contributed by atoms with Gasteiger partial charge in [0.1, 0.15) is 0 Å². The predicted molar refractivity (Wildman–Crippen MR) is 397 cm³/mol. The van der Waals surface area contributed by atoms with Crippen LogP contribution in [0.5, 0.6) is 0 Å². The Morgan fingerprint density at radius 1 is 0.298 bits per heavy atom. The minimum Gasteiger partial charge on any atom is -0.247 e. The van der Waals surface area contributed by atoms with Gasteiger partial charge in [0.15, 0.2) is 40.3 Å². The fourth-order valence-corrected chi connectivity index (χ4v) is 13.2. The third-order valence-electron chi connectivity index (χ3n) is 18.2. The van der Waals surface area contributed by atoms with E-state index in [1.54, 1.807) is 78.9 Å². The van der Waals surface area contributed by atoms with Gasteiger partial charge in [0.05, 0.1) is 128 Å². The molecule has 0 saturated carbocycles. The molecule has 0 spiro atoms. The van der Waals surface area contributed by atoms with Crippen LogP contribution in [0.2, 0.25) is 0 Å². The van der Waals surface area contributed by atoms with E-state index in [-0.39, 0.29) is 5.56 Å². The molecule has 0 N–H and O–H groups in total. The minimum atomic E-state index is -1.76. The van der Waals surface area contributed by atoms with Crippen molar-refractivity contribution in [2.24, 2.45) is 0 Å². The van der Waals surface area contributed by atoms with Crippen LogP contribution in [-0.4, -0.2) is 29.9 Å². The van der Waals surface area contributed by atoms with Crippen molar-refractivity contribution in [1.29, 1.82) is 15.8 Å². The van der Waals surface area contributed by atoms with Crippen molar-refractivity contribution in [3.05, 3.63) is 321 Å². The molecule has 0 amide bonds. The number of aromatic nitrogens is 6. The molecule has 0 bridgehead atoms. The van der Waals surface area contributed by atoms with Crippen LogP contribution in [0, 0.1) is 97.4 Å². The number of hydrogen-bond donors (Lipinski definition) is 0. The lowest BCUT2D eigenvalue weighted by molar-refractivity contribution is 0.465. The van der Waals surface area contributed by atoms with Crippen LogP contribution in [0.1, 0.15) is 27.8 Å². The van der Waals surface area contributed by atoms with Gasteiger partial charge < -0.3 is 0 Å². The number of hydrogen-bond acceptors (Lipinski definition) is 9. The van der Waals surface area contributed by atoms with E-state index >= 15 is 0 Å². The molecule has 0 atom stereocenters. The molecule has 12 aromatic carbocycles. The molecular formula is C87H43F4N13. The Kier molecular flexibility index (Phi) is 16.6. The molecule has 16 aromatic rings.